The van der Waals surface area contributed by atoms with Crippen LogP contribution in [0.5, 0.6) is 0 Å². The van der Waals surface area contributed by atoms with Gasteiger partial charge in [-0.05, 0) is 36.6 Å². The van der Waals surface area contributed by atoms with Gasteiger partial charge in [-0.2, -0.15) is 0 Å². The van der Waals surface area contributed by atoms with Crippen molar-refractivity contribution in [2.75, 3.05) is 4.90 Å². The van der Waals surface area contributed by atoms with Crippen LogP contribution in [0.2, 0.25) is 0 Å². The summed E-state index contributed by atoms with van der Waals surface area (Å²) in [5.74, 6) is 0. The first-order chi connectivity index (χ1) is 11.7. The van der Waals surface area contributed by atoms with Crippen molar-refractivity contribution in [2.45, 2.75) is 51.9 Å². The van der Waals surface area contributed by atoms with Gasteiger partial charge in [0, 0.05) is 0 Å². The van der Waals surface area contributed by atoms with E-state index in [4.69, 9.17) is 0 Å². The zero-order valence-electron chi connectivity index (χ0n) is 14.4. The first kappa shape index (κ1) is 18.1. The fourth-order valence-corrected chi connectivity index (χ4v) is 2.97. The summed E-state index contributed by atoms with van der Waals surface area (Å²) in [6, 6.07) is 17.1. The first-order valence-electron chi connectivity index (χ1n) is 8.90. The fraction of sp³-hybridized carbons (Fsp3) is 0.381. The molecule has 0 fully saturated rings. The summed E-state index contributed by atoms with van der Waals surface area (Å²) in [4.78, 5) is 13.2. The Labute approximate surface area is 144 Å². The molecule has 1 amide bonds. The third kappa shape index (κ3) is 5.12. The Morgan fingerprint density at radius 2 is 1.50 bits per heavy atom. The molecule has 2 aromatic rings. The molecule has 0 atom stereocenters. The number of hydrogen-bond donors (Lipinski definition) is 1. The third-order valence-corrected chi connectivity index (χ3v) is 4.24. The molecule has 0 radical (unpaired) electrons. The Morgan fingerprint density at radius 3 is 2.21 bits per heavy atom. The van der Waals surface area contributed by atoms with Crippen molar-refractivity contribution in [3.05, 3.63) is 60.2 Å². The molecule has 3 heteroatoms. The van der Waals surface area contributed by atoms with Crippen LogP contribution in [0.1, 0.15) is 51.0 Å². The summed E-state index contributed by atoms with van der Waals surface area (Å²) >= 11 is 0. The lowest BCUT2D eigenvalue weighted by atomic mass is 10.0. The van der Waals surface area contributed by atoms with Crippen LogP contribution in [-0.2, 0) is 6.42 Å². The standard InChI is InChI=1S/C21H27NO2/c1-2-3-4-5-6-8-13-18-14-11-12-17-20(18)22(21(23)24)19-15-9-7-10-16-19/h7,9-12,14-17H,2-6,8,13H2,1H3,(H,23,24). The number of anilines is 2. The van der Waals surface area contributed by atoms with Gasteiger partial charge >= 0.3 is 6.09 Å². The predicted molar refractivity (Wildman–Crippen MR) is 100 cm³/mol. The minimum Gasteiger partial charge on any atom is -0.464 e. The van der Waals surface area contributed by atoms with Crippen molar-refractivity contribution in [1.29, 1.82) is 0 Å². The van der Waals surface area contributed by atoms with Crippen LogP contribution >= 0.6 is 0 Å². The molecule has 0 heterocycles. The van der Waals surface area contributed by atoms with Gasteiger partial charge in [0.1, 0.15) is 0 Å². The second-order valence-electron chi connectivity index (χ2n) is 6.10. The highest BCUT2D eigenvalue weighted by molar-refractivity contribution is 5.95. The molecule has 0 aliphatic heterocycles. The lowest BCUT2D eigenvalue weighted by molar-refractivity contribution is 0.204. The van der Waals surface area contributed by atoms with Gasteiger partial charge in [0.05, 0.1) is 11.4 Å². The van der Waals surface area contributed by atoms with Crippen molar-refractivity contribution in [1.82, 2.24) is 0 Å². The molecule has 1 N–H and O–H groups in total. The number of hydrogen-bond acceptors (Lipinski definition) is 1. The lowest BCUT2D eigenvalue weighted by Crippen LogP contribution is -2.24. The number of unbranched alkanes of at least 4 members (excludes halogenated alkanes) is 5. The molecule has 128 valence electrons. The summed E-state index contributed by atoms with van der Waals surface area (Å²) in [5.41, 5.74) is 2.55. The van der Waals surface area contributed by atoms with Gasteiger partial charge in [-0.15, -0.1) is 0 Å². The van der Waals surface area contributed by atoms with Crippen molar-refractivity contribution in [3.8, 4) is 0 Å². The van der Waals surface area contributed by atoms with Crippen LogP contribution in [0, 0.1) is 0 Å². The van der Waals surface area contributed by atoms with Crippen molar-refractivity contribution in [2.24, 2.45) is 0 Å². The molecule has 2 rings (SSSR count). The zero-order chi connectivity index (χ0) is 17.2. The molecular weight excluding hydrogens is 298 g/mol. The minimum absolute atomic E-state index is 0.681. The first-order valence-corrected chi connectivity index (χ1v) is 8.90. The molecule has 0 unspecified atom stereocenters. The predicted octanol–water partition coefficient (Wildman–Crippen LogP) is 6.41. The van der Waals surface area contributed by atoms with E-state index in [1.165, 1.54) is 37.0 Å². The van der Waals surface area contributed by atoms with E-state index in [0.717, 1.165) is 24.1 Å². The smallest absolute Gasteiger partial charge is 0.416 e. The maximum Gasteiger partial charge on any atom is 0.416 e. The Morgan fingerprint density at radius 1 is 0.875 bits per heavy atom. The van der Waals surface area contributed by atoms with Crippen LogP contribution < -0.4 is 4.90 Å². The number of aryl methyl sites for hydroxylation is 1. The maximum absolute atomic E-state index is 11.8. The molecule has 0 aromatic heterocycles. The van der Waals surface area contributed by atoms with Crippen molar-refractivity contribution in [3.63, 3.8) is 0 Å². The van der Waals surface area contributed by atoms with E-state index in [9.17, 15) is 9.90 Å². The van der Waals surface area contributed by atoms with Crippen molar-refractivity contribution < 1.29 is 9.90 Å². The van der Waals surface area contributed by atoms with Crippen LogP contribution in [0.15, 0.2) is 54.6 Å². The van der Waals surface area contributed by atoms with Crippen LogP contribution in [0.3, 0.4) is 0 Å². The molecule has 2 aromatic carbocycles. The minimum atomic E-state index is -0.948. The van der Waals surface area contributed by atoms with Crippen LogP contribution in [0.25, 0.3) is 0 Å². The Bertz CT molecular complexity index is 625. The number of benzene rings is 2. The number of carboxylic acid groups (broad SMARTS) is 1. The van der Waals surface area contributed by atoms with Gasteiger partial charge in [0.25, 0.3) is 0 Å². The largest absolute Gasteiger partial charge is 0.464 e. The average Bonchev–Trinajstić information content (AvgIpc) is 2.60. The number of amides is 1. The molecule has 24 heavy (non-hydrogen) atoms. The third-order valence-electron chi connectivity index (χ3n) is 4.24. The number of nitrogens with zero attached hydrogens (tertiary/aromatic N) is 1. The molecule has 0 saturated heterocycles. The Hall–Kier alpha value is -2.29. The topological polar surface area (TPSA) is 40.5 Å². The van der Waals surface area contributed by atoms with E-state index in [2.05, 4.69) is 6.92 Å². The summed E-state index contributed by atoms with van der Waals surface area (Å²) in [6.07, 6.45) is 7.39. The molecular formula is C21H27NO2. The van der Waals surface area contributed by atoms with Gasteiger partial charge in [-0.3, -0.25) is 0 Å². The quantitative estimate of drug-likeness (QED) is 0.541. The number of rotatable bonds is 9. The molecule has 0 saturated carbocycles. The van der Waals surface area contributed by atoms with Gasteiger partial charge in [0.15, 0.2) is 0 Å². The zero-order valence-corrected chi connectivity index (χ0v) is 14.4. The van der Waals surface area contributed by atoms with E-state index in [1.807, 2.05) is 54.6 Å². The number of para-hydroxylation sites is 2. The molecule has 0 spiro atoms. The summed E-state index contributed by atoms with van der Waals surface area (Å²) < 4.78 is 0. The highest BCUT2D eigenvalue weighted by Crippen LogP contribution is 2.29. The van der Waals surface area contributed by atoms with Crippen LogP contribution in [-0.4, -0.2) is 11.2 Å². The van der Waals surface area contributed by atoms with Crippen LogP contribution in [0.4, 0.5) is 16.2 Å². The van der Waals surface area contributed by atoms with Crippen molar-refractivity contribution >= 4 is 17.5 Å². The SMILES string of the molecule is CCCCCCCCc1ccccc1N(C(=O)O)c1ccccc1. The number of carbonyl (C=O) groups is 1. The summed E-state index contributed by atoms with van der Waals surface area (Å²) in [6.45, 7) is 2.22. The highest BCUT2D eigenvalue weighted by Gasteiger charge is 2.19. The second-order valence-corrected chi connectivity index (χ2v) is 6.10. The molecule has 3 nitrogen and oxygen atoms in total. The van der Waals surface area contributed by atoms with E-state index < -0.39 is 6.09 Å². The Balaban J connectivity index is 2.10. The normalized spacial score (nSPS) is 10.5. The molecule has 0 aliphatic carbocycles. The van der Waals surface area contributed by atoms with E-state index in [0.29, 0.717) is 5.69 Å². The maximum atomic E-state index is 11.8. The lowest BCUT2D eigenvalue weighted by Gasteiger charge is -2.22. The average molecular weight is 325 g/mol. The van der Waals surface area contributed by atoms with E-state index >= 15 is 0 Å². The summed E-state index contributed by atoms with van der Waals surface area (Å²) in [7, 11) is 0. The highest BCUT2D eigenvalue weighted by atomic mass is 16.4. The van der Waals surface area contributed by atoms with Gasteiger partial charge < -0.3 is 5.11 Å². The summed E-state index contributed by atoms with van der Waals surface area (Å²) in [5, 5.41) is 9.70. The van der Waals surface area contributed by atoms with Gasteiger partial charge in [0.2, 0.25) is 0 Å². The Kier molecular flexibility index (Phi) is 7.34. The second kappa shape index (κ2) is 9.76. The van der Waals surface area contributed by atoms with Gasteiger partial charge in [-0.25, -0.2) is 9.69 Å². The van der Waals surface area contributed by atoms with E-state index in [1.54, 1.807) is 0 Å². The fourth-order valence-electron chi connectivity index (χ4n) is 2.97. The monoisotopic (exact) mass is 325 g/mol. The van der Waals surface area contributed by atoms with Gasteiger partial charge in [-0.1, -0.05) is 75.4 Å². The van der Waals surface area contributed by atoms with E-state index in [-0.39, 0.29) is 0 Å². The molecule has 0 bridgehead atoms. The molecule has 0 aliphatic rings.